The van der Waals surface area contributed by atoms with Crippen molar-refractivity contribution < 1.29 is 4.42 Å². The summed E-state index contributed by atoms with van der Waals surface area (Å²) in [6.07, 6.45) is 2.44. The molecule has 0 atom stereocenters. The van der Waals surface area contributed by atoms with E-state index in [1.54, 1.807) is 6.20 Å². The van der Waals surface area contributed by atoms with Crippen LogP contribution in [-0.4, -0.2) is 9.97 Å². The molecule has 17 heavy (non-hydrogen) atoms. The molecule has 0 N–H and O–H groups in total. The van der Waals surface area contributed by atoms with Crippen LogP contribution in [-0.2, 0) is 6.42 Å². The van der Waals surface area contributed by atoms with Crippen LogP contribution in [0.4, 0.5) is 0 Å². The predicted octanol–water partition coefficient (Wildman–Crippen LogP) is 2.30. The van der Waals surface area contributed by atoms with Gasteiger partial charge in [-0.2, -0.15) is 4.98 Å². The van der Waals surface area contributed by atoms with E-state index in [2.05, 4.69) is 9.97 Å². The molecule has 0 fully saturated rings. The van der Waals surface area contributed by atoms with Crippen LogP contribution in [0.15, 0.2) is 39.7 Å². The summed E-state index contributed by atoms with van der Waals surface area (Å²) in [7, 11) is 0. The van der Waals surface area contributed by atoms with Gasteiger partial charge in [-0.1, -0.05) is 13.0 Å². The van der Waals surface area contributed by atoms with Crippen molar-refractivity contribution >= 4 is 21.9 Å². The molecule has 1 aromatic carbocycles. The maximum atomic E-state index is 11.3. The molecule has 0 spiro atoms. The van der Waals surface area contributed by atoms with Gasteiger partial charge in [-0.3, -0.25) is 4.98 Å². The summed E-state index contributed by atoms with van der Waals surface area (Å²) >= 11 is 0. The number of nitrogens with zero attached hydrogens (tertiary/aromatic N) is 2. The highest BCUT2D eigenvalue weighted by Gasteiger charge is 2.07. The number of rotatable bonds is 1. The average molecular weight is 226 g/mol. The molecule has 0 saturated heterocycles. The molecule has 3 aromatic rings. The van der Waals surface area contributed by atoms with E-state index in [4.69, 9.17) is 4.42 Å². The normalized spacial score (nSPS) is 11.1. The van der Waals surface area contributed by atoms with E-state index in [0.717, 1.165) is 22.0 Å². The summed E-state index contributed by atoms with van der Waals surface area (Å²) < 4.78 is 5.12. The molecule has 0 amide bonds. The molecule has 3 rings (SSSR count). The molecule has 0 radical (unpaired) electrons. The largest absolute Gasteiger partial charge is 0.439 e. The van der Waals surface area contributed by atoms with Crippen molar-refractivity contribution in [1.29, 1.82) is 0 Å². The lowest BCUT2D eigenvalue weighted by molar-refractivity contribution is 0.527. The molecular weight excluding hydrogens is 216 g/mol. The summed E-state index contributed by atoms with van der Waals surface area (Å²) in [5, 5.41) is 1.81. The van der Waals surface area contributed by atoms with E-state index < -0.39 is 5.76 Å². The minimum Gasteiger partial charge on any atom is -0.408 e. The van der Waals surface area contributed by atoms with E-state index in [9.17, 15) is 4.79 Å². The van der Waals surface area contributed by atoms with E-state index >= 15 is 0 Å². The van der Waals surface area contributed by atoms with Gasteiger partial charge in [-0.15, -0.1) is 0 Å². The third-order valence-electron chi connectivity index (χ3n) is 2.77. The second-order valence-electron chi connectivity index (χ2n) is 3.82. The number of pyridine rings is 1. The maximum absolute atomic E-state index is 11.3. The van der Waals surface area contributed by atoms with Crippen LogP contribution in [0, 0.1) is 0 Å². The highest BCUT2D eigenvalue weighted by molar-refractivity contribution is 5.94. The fraction of sp³-hybridized carbons (Fsp3) is 0.154. The first-order valence-corrected chi connectivity index (χ1v) is 5.46. The first kappa shape index (κ1) is 9.96. The van der Waals surface area contributed by atoms with Gasteiger partial charge < -0.3 is 4.42 Å². The zero-order valence-electron chi connectivity index (χ0n) is 9.30. The standard InChI is InChI=1S/C13H10N2O2/c1-2-10-9-7-11-8(4-3-5-14-11)6-12(9)17-13(16)15-10/h3-7H,2H2,1H3. The molecule has 84 valence electrons. The van der Waals surface area contributed by atoms with Gasteiger partial charge in [0.2, 0.25) is 0 Å². The van der Waals surface area contributed by atoms with E-state index in [1.165, 1.54) is 0 Å². The van der Waals surface area contributed by atoms with Gasteiger partial charge in [-0.05, 0) is 24.6 Å². The van der Waals surface area contributed by atoms with Crippen LogP contribution in [0.1, 0.15) is 12.6 Å². The quantitative estimate of drug-likeness (QED) is 0.597. The number of hydrogen-bond acceptors (Lipinski definition) is 4. The van der Waals surface area contributed by atoms with Crippen LogP contribution in [0.25, 0.3) is 21.9 Å². The second-order valence-corrected chi connectivity index (χ2v) is 3.82. The second kappa shape index (κ2) is 3.66. The minimum atomic E-state index is -0.544. The third kappa shape index (κ3) is 1.58. The molecule has 0 aliphatic carbocycles. The Hall–Kier alpha value is -2.23. The topological polar surface area (TPSA) is 56.0 Å². The van der Waals surface area contributed by atoms with Crippen molar-refractivity contribution in [3.05, 3.63) is 46.7 Å². The number of benzene rings is 1. The number of hydrogen-bond donors (Lipinski definition) is 0. The van der Waals surface area contributed by atoms with Gasteiger partial charge in [0.05, 0.1) is 11.2 Å². The van der Waals surface area contributed by atoms with E-state index in [-0.39, 0.29) is 0 Å². The molecule has 0 unspecified atom stereocenters. The Balaban J connectivity index is 2.51. The fourth-order valence-corrected chi connectivity index (χ4v) is 1.97. The Morgan fingerprint density at radius 3 is 3.06 bits per heavy atom. The van der Waals surface area contributed by atoms with Crippen molar-refractivity contribution in [2.45, 2.75) is 13.3 Å². The predicted molar refractivity (Wildman–Crippen MR) is 65.0 cm³/mol. The van der Waals surface area contributed by atoms with Crippen LogP contribution in [0.5, 0.6) is 0 Å². The SMILES string of the molecule is CCc1nc(=O)oc2cc3cccnc3cc12. The van der Waals surface area contributed by atoms with Crippen LogP contribution < -0.4 is 5.76 Å². The first-order valence-electron chi connectivity index (χ1n) is 5.46. The zero-order valence-corrected chi connectivity index (χ0v) is 9.30. The summed E-state index contributed by atoms with van der Waals surface area (Å²) in [5.74, 6) is -0.544. The van der Waals surface area contributed by atoms with Crippen molar-refractivity contribution in [2.24, 2.45) is 0 Å². The van der Waals surface area contributed by atoms with Crippen LogP contribution in [0.3, 0.4) is 0 Å². The van der Waals surface area contributed by atoms with Gasteiger partial charge in [0.15, 0.2) is 0 Å². The zero-order chi connectivity index (χ0) is 11.8. The van der Waals surface area contributed by atoms with Gasteiger partial charge >= 0.3 is 5.76 Å². The number of aryl methyl sites for hydroxylation is 1. The van der Waals surface area contributed by atoms with Crippen LogP contribution >= 0.6 is 0 Å². The third-order valence-corrected chi connectivity index (χ3v) is 2.77. The van der Waals surface area contributed by atoms with Crippen molar-refractivity contribution in [3.63, 3.8) is 0 Å². The molecule has 4 heteroatoms. The minimum absolute atomic E-state index is 0.544. The lowest BCUT2D eigenvalue weighted by atomic mass is 10.1. The molecular formula is C13H10N2O2. The Morgan fingerprint density at radius 1 is 1.35 bits per heavy atom. The first-order chi connectivity index (χ1) is 8.28. The van der Waals surface area contributed by atoms with E-state index in [0.29, 0.717) is 12.0 Å². The lowest BCUT2D eigenvalue weighted by Gasteiger charge is -2.03. The maximum Gasteiger partial charge on any atom is 0.439 e. The molecule has 2 heterocycles. The van der Waals surface area contributed by atoms with Gasteiger partial charge in [0, 0.05) is 17.0 Å². The van der Waals surface area contributed by atoms with Gasteiger partial charge in [0.1, 0.15) is 5.58 Å². The van der Waals surface area contributed by atoms with Crippen molar-refractivity contribution in [1.82, 2.24) is 9.97 Å². The Bertz CT molecular complexity index is 762. The molecule has 2 aromatic heterocycles. The molecule has 0 aliphatic rings. The monoisotopic (exact) mass is 226 g/mol. The highest BCUT2D eigenvalue weighted by Crippen LogP contribution is 2.22. The van der Waals surface area contributed by atoms with Gasteiger partial charge in [0.25, 0.3) is 0 Å². The van der Waals surface area contributed by atoms with Gasteiger partial charge in [-0.25, -0.2) is 4.79 Å². The van der Waals surface area contributed by atoms with Crippen molar-refractivity contribution in [3.8, 4) is 0 Å². The summed E-state index contributed by atoms with van der Waals surface area (Å²) in [6.45, 7) is 1.96. The Kier molecular flexibility index (Phi) is 2.14. The molecule has 0 saturated carbocycles. The van der Waals surface area contributed by atoms with E-state index in [1.807, 2.05) is 31.2 Å². The van der Waals surface area contributed by atoms with Crippen molar-refractivity contribution in [2.75, 3.05) is 0 Å². The summed E-state index contributed by atoms with van der Waals surface area (Å²) in [4.78, 5) is 19.5. The molecule has 4 nitrogen and oxygen atoms in total. The average Bonchev–Trinajstić information content (AvgIpc) is 2.35. The number of aromatic nitrogens is 2. The Morgan fingerprint density at radius 2 is 2.24 bits per heavy atom. The summed E-state index contributed by atoms with van der Waals surface area (Å²) in [6, 6.07) is 7.54. The smallest absolute Gasteiger partial charge is 0.408 e. The summed E-state index contributed by atoms with van der Waals surface area (Å²) in [5.41, 5.74) is 2.21. The highest BCUT2D eigenvalue weighted by atomic mass is 16.4. The number of fused-ring (bicyclic) bond motifs is 2. The molecule has 0 aliphatic heterocycles. The fourth-order valence-electron chi connectivity index (χ4n) is 1.97. The Labute approximate surface area is 96.9 Å². The lowest BCUT2D eigenvalue weighted by Crippen LogP contribution is -2.07. The molecule has 0 bridgehead atoms. The van der Waals surface area contributed by atoms with Crippen LogP contribution in [0.2, 0.25) is 0 Å².